The van der Waals surface area contributed by atoms with Crippen molar-refractivity contribution >= 4 is 49.4 Å². The first-order chi connectivity index (χ1) is 62.4. The number of amides is 5. The van der Waals surface area contributed by atoms with E-state index in [4.69, 9.17) is 76.5 Å². The van der Waals surface area contributed by atoms with Gasteiger partial charge in [0.2, 0.25) is 29.5 Å². The lowest BCUT2D eigenvalue weighted by molar-refractivity contribution is -0.272. The Balaban J connectivity index is 0.979. The topological polar surface area (TPSA) is 734 Å². The molecule has 3 aromatic rings. The Kier molecular flexibility index (Phi) is 47.2. The molecule has 54 nitrogen and oxygen atoms in total. The van der Waals surface area contributed by atoms with Crippen LogP contribution in [-0.2, 0) is 138 Å². The van der Waals surface area contributed by atoms with Gasteiger partial charge >= 0.3 is 7.82 Å². The molecule has 24 atom stereocenters. The van der Waals surface area contributed by atoms with E-state index >= 15 is 4.79 Å². The van der Waals surface area contributed by atoms with Gasteiger partial charge in [0.25, 0.3) is 0 Å². The molecule has 0 aromatic carbocycles. The van der Waals surface area contributed by atoms with Gasteiger partial charge in [-0.3, -0.25) is 42.9 Å². The number of nitrogens with zero attached hydrogens (tertiary/aromatic N) is 13. The maximum atomic E-state index is 15.2. The Hall–Kier alpha value is -7.26. The lowest BCUT2D eigenvalue weighted by Crippen LogP contribution is -2.64. The smallest absolute Gasteiger partial charge is 0.394 e. The number of aliphatic hydroxyl groups excluding tert-OH is 13. The summed E-state index contributed by atoms with van der Waals surface area (Å²) in [6.07, 6.45) is -14.9. The van der Waals surface area contributed by atoms with Gasteiger partial charge in [-0.15, -0.1) is 15.3 Å². The predicted molar refractivity (Wildman–Crippen MR) is 440 cm³/mol. The normalized spacial score (nSPS) is 28.6. The van der Waals surface area contributed by atoms with Gasteiger partial charge in [0, 0.05) is 72.7 Å². The molecule has 3 aromatic heterocycles. The van der Waals surface area contributed by atoms with E-state index in [9.17, 15) is 95.0 Å². The monoisotopic (exact) mass is 1890 g/mol. The summed E-state index contributed by atoms with van der Waals surface area (Å²) in [5, 5.41) is 177. The van der Waals surface area contributed by atoms with Crippen LogP contribution in [0.4, 0.5) is 0 Å². The van der Waals surface area contributed by atoms with Crippen LogP contribution in [0, 0.1) is 0 Å². The van der Waals surface area contributed by atoms with E-state index < -0.39 is 205 Å². The van der Waals surface area contributed by atoms with E-state index in [1.54, 1.807) is 23.5 Å². The largest absolute Gasteiger partial charge is 0.472 e. The third-order valence-electron chi connectivity index (χ3n) is 21.1. The van der Waals surface area contributed by atoms with Crippen molar-refractivity contribution in [3.05, 3.63) is 35.7 Å². The van der Waals surface area contributed by atoms with Gasteiger partial charge < -0.3 is 170 Å². The molecule has 130 heavy (non-hydrogen) atoms. The molecule has 5 amide bonds. The summed E-state index contributed by atoms with van der Waals surface area (Å²) < 4.78 is 102. The maximum absolute atomic E-state index is 15.2. The number of phosphoric acid groups is 1. The Bertz CT molecular complexity index is 3810. The van der Waals surface area contributed by atoms with Crippen LogP contribution >= 0.6 is 7.82 Å². The minimum atomic E-state index is -4.53. The van der Waals surface area contributed by atoms with Gasteiger partial charge in [-0.25, -0.2) is 18.6 Å². The molecule has 21 N–H and O–H groups in total. The number of carbonyl (C=O) groups is 5. The molecule has 8 rings (SSSR count). The zero-order valence-corrected chi connectivity index (χ0v) is 73.9. The number of hydrazone groups is 1. The lowest BCUT2D eigenvalue weighted by atomic mass is 9.97. The van der Waals surface area contributed by atoms with Crippen LogP contribution in [0.2, 0.25) is 0 Å². The number of phosphoric ester groups is 1. The SMILES string of the molecule is CC(=O)N[C@H]1[C@H](OCCOCCN=CC(=NN)N(CCCC[C@@H](C(=O)NCCCCCCOP(=O)(O)OC2CCO[C@@H]2O)N(Cc2cn(CCOCCO[C@@H]3O[C@H](CO)[C@H](O)[C@H](O)[C@H]3NC(C)=O)nn2)Cc2cn(CCOCCO[C@@H]3O[C@H](CO)[C@H](O)[C@H](O)[C@H]3NC(C)=O)nn2)Cc2cn(CCOCCO[C@@H]3O[C@H](CO)[C@H](O)[C@H](O)[C@H]3NC(C)=O)nn2)O[C@H](CO)[C@H](O)[C@@H]1O. The van der Waals surface area contributed by atoms with Gasteiger partial charge in [-0.1, -0.05) is 28.5 Å². The molecule has 0 saturated carbocycles. The van der Waals surface area contributed by atoms with E-state index in [1.807, 2.05) is 4.90 Å². The fourth-order valence-electron chi connectivity index (χ4n) is 14.5. The molecule has 5 saturated heterocycles. The van der Waals surface area contributed by atoms with Crippen LogP contribution in [0.3, 0.4) is 0 Å². The second kappa shape index (κ2) is 56.8. The van der Waals surface area contributed by atoms with Gasteiger partial charge in [-0.05, 0) is 32.1 Å². The maximum Gasteiger partial charge on any atom is 0.472 e. The molecule has 5 aliphatic rings. The third-order valence-corrected chi connectivity index (χ3v) is 22.2. The molecule has 5 fully saturated rings. The predicted octanol–water partition coefficient (Wildman–Crippen LogP) is -10.3. The number of nitrogens with one attached hydrogen (secondary N) is 5. The van der Waals surface area contributed by atoms with Crippen LogP contribution in [-0.4, -0.2) is 447 Å². The molecule has 0 spiro atoms. The van der Waals surface area contributed by atoms with Crippen molar-refractivity contribution < 1.29 is 170 Å². The molecule has 0 bridgehead atoms. The van der Waals surface area contributed by atoms with E-state index in [1.165, 1.54) is 48.0 Å². The van der Waals surface area contributed by atoms with Gasteiger partial charge in [0.15, 0.2) is 37.3 Å². The van der Waals surface area contributed by atoms with Gasteiger partial charge in [0.1, 0.15) is 109 Å². The van der Waals surface area contributed by atoms with E-state index in [-0.39, 0.29) is 170 Å². The van der Waals surface area contributed by atoms with Crippen molar-refractivity contribution in [1.82, 2.24) is 81.4 Å². The fourth-order valence-corrected chi connectivity index (χ4v) is 15.5. The van der Waals surface area contributed by atoms with Crippen molar-refractivity contribution in [2.45, 2.75) is 259 Å². The number of carbonyl (C=O) groups excluding carboxylic acids is 5. The number of amidine groups is 1. The molecular weight excluding hydrogens is 1760 g/mol. The first-order valence-corrected chi connectivity index (χ1v) is 44.5. The second-order valence-corrected chi connectivity index (χ2v) is 32.6. The van der Waals surface area contributed by atoms with Crippen LogP contribution < -0.4 is 32.4 Å². The fraction of sp³-hybridized carbons (Fsp3) is 0.827. The van der Waals surface area contributed by atoms with Crippen molar-refractivity contribution in [2.75, 3.05) is 139 Å². The van der Waals surface area contributed by atoms with Crippen molar-refractivity contribution in [2.24, 2.45) is 15.9 Å². The minimum Gasteiger partial charge on any atom is -0.394 e. The number of aliphatic imine (C=N–C) groups is 1. The highest BCUT2D eigenvalue weighted by atomic mass is 31.2. The van der Waals surface area contributed by atoms with Crippen LogP contribution in [0.1, 0.15) is 96.1 Å². The van der Waals surface area contributed by atoms with Crippen LogP contribution in [0.25, 0.3) is 0 Å². The molecular formula is C75H130N19O35P. The molecule has 5 aliphatic heterocycles. The first-order valence-electron chi connectivity index (χ1n) is 43.0. The summed E-state index contributed by atoms with van der Waals surface area (Å²) in [5.41, 5.74) is 1.26. The molecule has 0 radical (unpaired) electrons. The number of nitrogens with two attached hydrogens (primary N) is 1. The van der Waals surface area contributed by atoms with Crippen molar-refractivity contribution in [3.8, 4) is 0 Å². The Morgan fingerprint density at radius 3 is 1.27 bits per heavy atom. The number of ether oxygens (including phenoxy) is 13. The minimum absolute atomic E-state index is 0.00346. The number of aliphatic hydroxyl groups is 13. The highest BCUT2D eigenvalue weighted by Crippen LogP contribution is 2.46. The van der Waals surface area contributed by atoms with Crippen molar-refractivity contribution in [3.63, 3.8) is 0 Å². The average molecular weight is 1890 g/mol. The molecule has 8 heterocycles. The Labute approximate surface area is 748 Å². The lowest BCUT2D eigenvalue weighted by Gasteiger charge is -2.42. The van der Waals surface area contributed by atoms with Gasteiger partial charge in [0.05, 0.1) is 181 Å². The van der Waals surface area contributed by atoms with Crippen molar-refractivity contribution in [1.29, 1.82) is 0 Å². The quantitative estimate of drug-likeness (QED) is 0.00623. The zero-order valence-electron chi connectivity index (χ0n) is 73.0. The Morgan fingerprint density at radius 2 is 0.900 bits per heavy atom. The summed E-state index contributed by atoms with van der Waals surface area (Å²) in [6.45, 7) is 3.17. The summed E-state index contributed by atoms with van der Waals surface area (Å²) >= 11 is 0. The third kappa shape index (κ3) is 35.2. The van der Waals surface area contributed by atoms with E-state index in [0.29, 0.717) is 55.6 Å². The highest BCUT2D eigenvalue weighted by molar-refractivity contribution is 7.47. The number of rotatable bonds is 60. The highest BCUT2D eigenvalue weighted by Gasteiger charge is 2.50. The van der Waals surface area contributed by atoms with Gasteiger partial charge in [-0.2, -0.15) is 5.10 Å². The average Bonchev–Trinajstić information content (AvgIpc) is 1.27. The summed E-state index contributed by atoms with van der Waals surface area (Å²) in [5.74, 6) is 3.85. The summed E-state index contributed by atoms with van der Waals surface area (Å²) in [7, 11) is -4.53. The first kappa shape index (κ1) is 108. The van der Waals surface area contributed by atoms with E-state index in [0.717, 1.165) is 0 Å². The van der Waals surface area contributed by atoms with Crippen LogP contribution in [0.5, 0.6) is 0 Å². The number of hydrogen-bond donors (Lipinski definition) is 20. The second-order valence-electron chi connectivity index (χ2n) is 31.1. The number of hydrogen-bond acceptors (Lipinski definition) is 44. The number of aromatic nitrogens is 9. The molecule has 740 valence electrons. The molecule has 2 unspecified atom stereocenters. The zero-order chi connectivity index (χ0) is 94.2. The number of unbranched alkanes of at least 4 members (excludes halogenated alkanes) is 4. The summed E-state index contributed by atoms with van der Waals surface area (Å²) in [6, 6.07) is -5.62. The molecule has 55 heteroatoms. The standard InChI is InChI=1S/C75H130N19O35P/c1-44(99)79-58-66(107)62(103)53(40-95)125-72(58)120-29-25-115-21-14-77-33-57(83-76)90(34-48-37-92(87-84-48)16-22-116-26-30-121-73-59(80-45(2)100)67(108)63(104)54(41-96)126-73)15-9-7-11-51(70(111)78-13-8-5-6-10-19-124-130(113,114)129-52-12-20-119-71(52)112)91(35-49-38-93(88-85-49)17-23-117-27-31-122-74-60(81-46(3)101)68(109)64(105)55(42-97)127-74)36-50-39-94(89-86-50)18-24-118-28-32-123-75-61(82-47(4)102)69(110)65(106)56(43-98)128-75/h33,37-39,51-56,58-69,71-75,95-98,103-110,112H,5-32,34-36,40-43,76H2,1-4H3,(H,78,111)(H,79,99)(H,80,100)(H,81,101)(H,82,102)(H,113,114)/t51-,52?,53+,54+,55+,56+,58+,59+,60+,61+,62-,63-,64-,65-,66+,67+,68+,69+,71-,72+,73+,74+,75+/m0/s1. The summed E-state index contributed by atoms with van der Waals surface area (Å²) in [4.78, 5) is 81.7. The molecule has 0 aliphatic carbocycles. The van der Waals surface area contributed by atoms with E-state index in [2.05, 4.69) is 67.6 Å². The Morgan fingerprint density at radius 1 is 0.515 bits per heavy atom. The van der Waals surface area contributed by atoms with Crippen LogP contribution in [0.15, 0.2) is 28.7 Å².